The van der Waals surface area contributed by atoms with Gasteiger partial charge in [-0.2, -0.15) is 0 Å². The normalized spacial score (nSPS) is 15.2. The van der Waals surface area contributed by atoms with E-state index < -0.39 is 6.10 Å². The highest BCUT2D eigenvalue weighted by molar-refractivity contribution is 6.30. The van der Waals surface area contributed by atoms with Crippen LogP contribution in [0.4, 0.5) is 17.1 Å². The molecule has 2 N–H and O–H groups in total. The molecule has 0 fully saturated rings. The van der Waals surface area contributed by atoms with Gasteiger partial charge in [0, 0.05) is 34.1 Å². The summed E-state index contributed by atoms with van der Waals surface area (Å²) in [4.78, 5) is 27.7. The number of carbonyl (C=O) groups excluding carboxylic acids is 2. The zero-order valence-electron chi connectivity index (χ0n) is 20.2. The van der Waals surface area contributed by atoms with Crippen LogP contribution in [0.5, 0.6) is 0 Å². The lowest BCUT2D eigenvalue weighted by Crippen LogP contribution is -2.32. The second-order valence-electron chi connectivity index (χ2n) is 8.78. The lowest BCUT2D eigenvalue weighted by molar-refractivity contribution is -0.148. The highest BCUT2D eigenvalue weighted by atomic mass is 35.5. The van der Waals surface area contributed by atoms with Gasteiger partial charge in [0.15, 0.2) is 0 Å². The van der Waals surface area contributed by atoms with Crippen LogP contribution in [0.3, 0.4) is 0 Å². The van der Waals surface area contributed by atoms with Gasteiger partial charge in [0.1, 0.15) is 6.10 Å². The predicted molar refractivity (Wildman–Crippen MR) is 141 cm³/mol. The number of esters is 1. The molecule has 35 heavy (non-hydrogen) atoms. The predicted octanol–water partition coefficient (Wildman–Crippen LogP) is 5.94. The van der Waals surface area contributed by atoms with Crippen LogP contribution in [0, 0.1) is 13.8 Å². The van der Waals surface area contributed by atoms with E-state index in [1.165, 1.54) is 0 Å². The molecule has 6 nitrogen and oxygen atoms in total. The molecule has 1 atom stereocenters. The standard InChI is InChI=1S/C28H30ClN3O3/c1-18-7-4-5-8-24(18)31-21-11-12-22(19(2)15-21)28(34)32-14-6-9-26(35-27(33)17-30-3)23-16-20(29)10-13-25(23)32/h4-5,7-8,10-13,15-16,26,30-31H,6,9,14,17H2,1-3H3. The van der Waals surface area contributed by atoms with E-state index in [2.05, 4.69) is 23.6 Å². The van der Waals surface area contributed by atoms with E-state index in [9.17, 15) is 9.59 Å². The summed E-state index contributed by atoms with van der Waals surface area (Å²) < 4.78 is 5.73. The number of anilines is 3. The van der Waals surface area contributed by atoms with E-state index in [4.69, 9.17) is 16.3 Å². The maximum atomic E-state index is 13.7. The molecule has 3 aromatic rings. The van der Waals surface area contributed by atoms with Crippen LogP contribution in [0.1, 0.15) is 46.0 Å². The lowest BCUT2D eigenvalue weighted by atomic mass is 10.0. The number of fused-ring (bicyclic) bond motifs is 1. The summed E-state index contributed by atoms with van der Waals surface area (Å²) in [5.74, 6) is -0.425. The van der Waals surface area contributed by atoms with Crippen molar-refractivity contribution in [1.82, 2.24) is 5.32 Å². The van der Waals surface area contributed by atoms with E-state index in [1.807, 2.05) is 49.4 Å². The van der Waals surface area contributed by atoms with E-state index in [1.54, 1.807) is 24.1 Å². The molecule has 1 aliphatic heterocycles. The van der Waals surface area contributed by atoms with E-state index in [0.29, 0.717) is 30.0 Å². The Kier molecular flexibility index (Phi) is 7.73. The highest BCUT2D eigenvalue weighted by Gasteiger charge is 2.30. The van der Waals surface area contributed by atoms with Gasteiger partial charge in [0.05, 0.1) is 12.2 Å². The third kappa shape index (κ3) is 5.66. The fourth-order valence-corrected chi connectivity index (χ4v) is 4.59. The van der Waals surface area contributed by atoms with Gasteiger partial charge in [-0.15, -0.1) is 0 Å². The minimum absolute atomic E-state index is 0.0873. The molecule has 4 rings (SSSR count). The van der Waals surface area contributed by atoms with Crippen molar-refractivity contribution in [2.45, 2.75) is 32.8 Å². The zero-order valence-corrected chi connectivity index (χ0v) is 21.0. The first-order valence-corrected chi connectivity index (χ1v) is 12.1. The summed E-state index contributed by atoms with van der Waals surface area (Å²) in [6, 6.07) is 19.3. The molecule has 7 heteroatoms. The quantitative estimate of drug-likeness (QED) is 0.417. The molecule has 1 amide bonds. The number of benzene rings is 3. The fraction of sp³-hybridized carbons (Fsp3) is 0.286. The van der Waals surface area contributed by atoms with Gasteiger partial charge in [0.25, 0.3) is 5.91 Å². The molecule has 0 aliphatic carbocycles. The summed E-state index contributed by atoms with van der Waals surface area (Å²) in [6.07, 6.45) is 0.857. The molecule has 182 valence electrons. The maximum absolute atomic E-state index is 13.7. The average Bonchev–Trinajstić information content (AvgIpc) is 2.99. The summed E-state index contributed by atoms with van der Waals surface area (Å²) in [7, 11) is 1.70. The lowest BCUT2D eigenvalue weighted by Gasteiger charge is -2.25. The molecule has 0 radical (unpaired) electrons. The molecule has 0 spiro atoms. The molecule has 3 aromatic carbocycles. The fourth-order valence-electron chi connectivity index (χ4n) is 4.41. The number of aryl methyl sites for hydroxylation is 2. The Bertz CT molecular complexity index is 1240. The Hall–Kier alpha value is -3.35. The number of nitrogens with one attached hydrogen (secondary N) is 2. The topological polar surface area (TPSA) is 70.7 Å². The van der Waals surface area contributed by atoms with Gasteiger partial charge in [-0.1, -0.05) is 29.8 Å². The van der Waals surface area contributed by atoms with Crippen molar-refractivity contribution in [3.05, 3.63) is 87.9 Å². The van der Waals surface area contributed by atoms with Crippen molar-refractivity contribution in [3.8, 4) is 0 Å². The Morgan fingerprint density at radius 2 is 1.86 bits per heavy atom. The number of likely N-dealkylation sites (N-methyl/N-ethyl adjacent to an activating group) is 1. The molecule has 1 heterocycles. The van der Waals surface area contributed by atoms with Crippen LogP contribution in [0.25, 0.3) is 0 Å². The minimum atomic E-state index is -0.455. The second kappa shape index (κ2) is 10.9. The van der Waals surface area contributed by atoms with Crippen LogP contribution in [-0.2, 0) is 9.53 Å². The number of hydrogen-bond acceptors (Lipinski definition) is 5. The second-order valence-corrected chi connectivity index (χ2v) is 9.22. The molecular weight excluding hydrogens is 462 g/mol. The molecule has 0 saturated heterocycles. The van der Waals surface area contributed by atoms with Crippen molar-refractivity contribution in [1.29, 1.82) is 0 Å². The van der Waals surface area contributed by atoms with E-state index in [0.717, 1.165) is 33.8 Å². The van der Waals surface area contributed by atoms with Gasteiger partial charge < -0.3 is 20.3 Å². The first-order chi connectivity index (χ1) is 16.9. The summed E-state index contributed by atoms with van der Waals surface area (Å²) in [6.45, 7) is 4.64. The van der Waals surface area contributed by atoms with Crippen LogP contribution >= 0.6 is 11.6 Å². The Morgan fingerprint density at radius 1 is 1.06 bits per heavy atom. The summed E-state index contributed by atoms with van der Waals surface area (Å²) in [5, 5.41) is 6.78. The summed E-state index contributed by atoms with van der Waals surface area (Å²) in [5.41, 5.74) is 6.09. The first kappa shape index (κ1) is 24.8. The number of ether oxygens (including phenoxy) is 1. The van der Waals surface area contributed by atoms with Crippen LogP contribution in [-0.4, -0.2) is 32.0 Å². The average molecular weight is 492 g/mol. The molecule has 0 bridgehead atoms. The van der Waals surface area contributed by atoms with Crippen LogP contribution < -0.4 is 15.5 Å². The van der Waals surface area contributed by atoms with Crippen molar-refractivity contribution >= 4 is 40.5 Å². The van der Waals surface area contributed by atoms with E-state index in [-0.39, 0.29) is 18.4 Å². The Morgan fingerprint density at radius 3 is 2.60 bits per heavy atom. The van der Waals surface area contributed by atoms with Gasteiger partial charge >= 0.3 is 5.97 Å². The van der Waals surface area contributed by atoms with Gasteiger partial charge in [-0.3, -0.25) is 9.59 Å². The van der Waals surface area contributed by atoms with Crippen molar-refractivity contribution in [2.75, 3.05) is 30.4 Å². The van der Waals surface area contributed by atoms with Crippen molar-refractivity contribution in [3.63, 3.8) is 0 Å². The van der Waals surface area contributed by atoms with Crippen LogP contribution in [0.2, 0.25) is 5.02 Å². The highest BCUT2D eigenvalue weighted by Crippen LogP contribution is 2.38. The zero-order chi connectivity index (χ0) is 24.9. The van der Waals surface area contributed by atoms with Crippen molar-refractivity contribution in [2.24, 2.45) is 0 Å². The SMILES string of the molecule is CNCC(=O)OC1CCCN(C(=O)c2ccc(Nc3ccccc3C)cc2C)c2ccc(Cl)cc21. The third-order valence-corrected chi connectivity index (χ3v) is 6.43. The van der Waals surface area contributed by atoms with Crippen molar-refractivity contribution < 1.29 is 14.3 Å². The Balaban J connectivity index is 1.62. The number of rotatable bonds is 6. The number of halogens is 1. The molecule has 1 unspecified atom stereocenters. The van der Waals surface area contributed by atoms with Gasteiger partial charge in [-0.25, -0.2) is 0 Å². The summed E-state index contributed by atoms with van der Waals surface area (Å²) >= 11 is 6.29. The number of nitrogens with zero attached hydrogens (tertiary/aromatic N) is 1. The molecule has 0 aromatic heterocycles. The first-order valence-electron chi connectivity index (χ1n) is 11.8. The number of para-hydroxylation sites is 1. The molecule has 1 aliphatic rings. The van der Waals surface area contributed by atoms with Crippen LogP contribution in [0.15, 0.2) is 60.7 Å². The third-order valence-electron chi connectivity index (χ3n) is 6.20. The van der Waals surface area contributed by atoms with Gasteiger partial charge in [-0.05, 0) is 87.3 Å². The molecule has 0 saturated carbocycles. The molecular formula is C28H30ClN3O3. The largest absolute Gasteiger partial charge is 0.456 e. The number of hydrogen-bond donors (Lipinski definition) is 2. The Labute approximate surface area is 211 Å². The number of amides is 1. The van der Waals surface area contributed by atoms with E-state index >= 15 is 0 Å². The smallest absolute Gasteiger partial charge is 0.320 e. The monoisotopic (exact) mass is 491 g/mol. The number of carbonyl (C=O) groups is 2. The van der Waals surface area contributed by atoms with Gasteiger partial charge in [0.2, 0.25) is 0 Å². The minimum Gasteiger partial charge on any atom is -0.456 e. The maximum Gasteiger partial charge on any atom is 0.320 e.